The van der Waals surface area contributed by atoms with Crippen LogP contribution in [0.15, 0.2) is 47.3 Å². The predicted molar refractivity (Wildman–Crippen MR) is 130 cm³/mol. The Balaban J connectivity index is 1.42. The summed E-state index contributed by atoms with van der Waals surface area (Å²) >= 11 is 0. The second kappa shape index (κ2) is 10.1. The van der Waals surface area contributed by atoms with Crippen LogP contribution in [0.1, 0.15) is 40.9 Å². The molecule has 4 aromatic rings. The fourth-order valence-electron chi connectivity index (χ4n) is 4.66. The van der Waals surface area contributed by atoms with Gasteiger partial charge >= 0.3 is 0 Å². The molecule has 1 saturated heterocycles. The summed E-state index contributed by atoms with van der Waals surface area (Å²) in [4.78, 5) is 18.3. The van der Waals surface area contributed by atoms with E-state index in [1.807, 2.05) is 19.1 Å². The molecular formula is C26H29FN6O2. The van der Waals surface area contributed by atoms with Gasteiger partial charge in [-0.25, -0.2) is 9.07 Å². The van der Waals surface area contributed by atoms with Gasteiger partial charge in [0.15, 0.2) is 5.82 Å². The van der Waals surface area contributed by atoms with E-state index in [0.717, 1.165) is 47.0 Å². The first-order valence-electron chi connectivity index (χ1n) is 11.9. The number of nitrogens with zero attached hydrogens (tertiary/aromatic N) is 5. The zero-order valence-corrected chi connectivity index (χ0v) is 20.0. The molecule has 1 fully saturated rings. The predicted octanol–water partition coefficient (Wildman–Crippen LogP) is 3.50. The number of aryl methyl sites for hydroxylation is 2. The van der Waals surface area contributed by atoms with Crippen LogP contribution in [-0.4, -0.2) is 49.3 Å². The molecular weight excluding hydrogens is 447 g/mol. The molecule has 1 unspecified atom stereocenters. The summed E-state index contributed by atoms with van der Waals surface area (Å²) in [7, 11) is 0. The van der Waals surface area contributed by atoms with E-state index in [1.165, 1.54) is 12.1 Å². The molecule has 1 atom stereocenters. The monoisotopic (exact) mass is 476 g/mol. The van der Waals surface area contributed by atoms with E-state index in [4.69, 9.17) is 4.74 Å². The van der Waals surface area contributed by atoms with Gasteiger partial charge in [0.2, 0.25) is 0 Å². The minimum absolute atomic E-state index is 0.0885. The van der Waals surface area contributed by atoms with Gasteiger partial charge in [-0.05, 0) is 72.0 Å². The van der Waals surface area contributed by atoms with Crippen molar-refractivity contribution in [2.24, 2.45) is 0 Å². The van der Waals surface area contributed by atoms with E-state index in [9.17, 15) is 9.18 Å². The number of rotatable bonds is 8. The van der Waals surface area contributed by atoms with Crippen LogP contribution in [0.3, 0.4) is 0 Å². The number of benzene rings is 2. The molecule has 2 aromatic carbocycles. The summed E-state index contributed by atoms with van der Waals surface area (Å²) in [5.41, 5.74) is 4.56. The van der Waals surface area contributed by atoms with E-state index < -0.39 is 0 Å². The van der Waals surface area contributed by atoms with Gasteiger partial charge in [-0.2, -0.15) is 0 Å². The van der Waals surface area contributed by atoms with E-state index in [1.54, 1.807) is 16.8 Å². The van der Waals surface area contributed by atoms with Gasteiger partial charge in [-0.1, -0.05) is 24.3 Å². The second-order valence-electron chi connectivity index (χ2n) is 9.30. The molecule has 9 heteroatoms. The average Bonchev–Trinajstić information content (AvgIpc) is 3.51. The van der Waals surface area contributed by atoms with Crippen molar-refractivity contribution in [2.45, 2.75) is 52.4 Å². The summed E-state index contributed by atoms with van der Waals surface area (Å²) in [5, 5.41) is 13.3. The van der Waals surface area contributed by atoms with Gasteiger partial charge in [0.05, 0.1) is 24.7 Å². The molecule has 0 spiro atoms. The van der Waals surface area contributed by atoms with Crippen molar-refractivity contribution in [1.82, 2.24) is 30.1 Å². The summed E-state index contributed by atoms with van der Waals surface area (Å²) in [5.74, 6) is 0.399. The minimum atomic E-state index is -0.278. The lowest BCUT2D eigenvalue weighted by Gasteiger charge is -2.24. The topological polar surface area (TPSA) is 88.9 Å². The van der Waals surface area contributed by atoms with Crippen LogP contribution in [0.2, 0.25) is 0 Å². The summed E-state index contributed by atoms with van der Waals surface area (Å²) in [6.45, 7) is 6.83. The quantitative estimate of drug-likeness (QED) is 0.419. The molecule has 1 N–H and O–H groups in total. The van der Waals surface area contributed by atoms with E-state index in [2.05, 4.69) is 38.4 Å². The summed E-state index contributed by atoms with van der Waals surface area (Å²) < 4.78 is 20.9. The number of aromatic amines is 1. The Morgan fingerprint density at radius 3 is 2.71 bits per heavy atom. The molecule has 182 valence electrons. The number of H-pyrrole nitrogens is 1. The maximum atomic E-state index is 13.3. The normalized spacial score (nSPS) is 15.9. The van der Waals surface area contributed by atoms with E-state index >= 15 is 0 Å². The molecule has 0 aliphatic carbocycles. The van der Waals surface area contributed by atoms with Gasteiger partial charge in [0.1, 0.15) is 5.82 Å². The van der Waals surface area contributed by atoms with Gasteiger partial charge < -0.3 is 9.72 Å². The van der Waals surface area contributed by atoms with Gasteiger partial charge in [0.25, 0.3) is 5.56 Å². The molecule has 2 aromatic heterocycles. The second-order valence-corrected chi connectivity index (χ2v) is 9.30. The molecule has 0 amide bonds. The number of halogens is 1. The van der Waals surface area contributed by atoms with Crippen LogP contribution in [-0.2, 0) is 24.4 Å². The Bertz CT molecular complexity index is 1380. The average molecular weight is 477 g/mol. The SMILES string of the molecule is Cc1ccc(C)c2[nH]c(=O)c(CN(Cc3nnnn3Cc3ccc(F)cc3)CC3CCCO3)cc12. The highest BCUT2D eigenvalue weighted by Gasteiger charge is 2.22. The fourth-order valence-corrected chi connectivity index (χ4v) is 4.66. The van der Waals surface area contributed by atoms with Crippen molar-refractivity contribution in [3.8, 4) is 0 Å². The lowest BCUT2D eigenvalue weighted by atomic mass is 10.0. The molecule has 0 bridgehead atoms. The Labute approximate surface area is 202 Å². The van der Waals surface area contributed by atoms with Crippen molar-refractivity contribution in [3.05, 3.63) is 86.7 Å². The molecule has 1 aliphatic rings. The number of hydrogen-bond acceptors (Lipinski definition) is 6. The van der Waals surface area contributed by atoms with Crippen LogP contribution in [0.4, 0.5) is 4.39 Å². The first-order valence-corrected chi connectivity index (χ1v) is 11.9. The van der Waals surface area contributed by atoms with Crippen molar-refractivity contribution < 1.29 is 9.13 Å². The molecule has 35 heavy (non-hydrogen) atoms. The van der Waals surface area contributed by atoms with Crippen LogP contribution < -0.4 is 5.56 Å². The number of pyridine rings is 1. The molecule has 1 aliphatic heterocycles. The van der Waals surface area contributed by atoms with E-state index in [0.29, 0.717) is 37.6 Å². The molecule has 3 heterocycles. The number of fused-ring (bicyclic) bond motifs is 1. The molecule has 0 radical (unpaired) electrons. The van der Waals surface area contributed by atoms with Crippen LogP contribution in [0, 0.1) is 19.7 Å². The van der Waals surface area contributed by atoms with Crippen LogP contribution in [0.5, 0.6) is 0 Å². The Kier molecular flexibility index (Phi) is 6.70. The number of hydrogen-bond donors (Lipinski definition) is 1. The highest BCUT2D eigenvalue weighted by atomic mass is 19.1. The van der Waals surface area contributed by atoms with Gasteiger partial charge in [-0.15, -0.1) is 5.10 Å². The number of aromatic nitrogens is 5. The zero-order valence-electron chi connectivity index (χ0n) is 20.0. The number of nitrogens with one attached hydrogen (secondary N) is 1. The van der Waals surface area contributed by atoms with Crippen LogP contribution >= 0.6 is 0 Å². The molecule has 0 saturated carbocycles. The minimum Gasteiger partial charge on any atom is -0.377 e. The lowest BCUT2D eigenvalue weighted by Crippen LogP contribution is -2.34. The van der Waals surface area contributed by atoms with Crippen molar-refractivity contribution in [2.75, 3.05) is 13.2 Å². The zero-order chi connectivity index (χ0) is 24.4. The smallest absolute Gasteiger partial charge is 0.252 e. The van der Waals surface area contributed by atoms with Crippen molar-refractivity contribution in [3.63, 3.8) is 0 Å². The highest BCUT2D eigenvalue weighted by molar-refractivity contribution is 5.85. The number of tetrazole rings is 1. The maximum absolute atomic E-state index is 13.3. The summed E-state index contributed by atoms with van der Waals surface area (Å²) in [6.07, 6.45) is 2.14. The molecule has 8 nitrogen and oxygen atoms in total. The highest BCUT2D eigenvalue weighted by Crippen LogP contribution is 2.21. The first kappa shape index (κ1) is 23.3. The van der Waals surface area contributed by atoms with Crippen LogP contribution in [0.25, 0.3) is 10.9 Å². The summed E-state index contributed by atoms with van der Waals surface area (Å²) in [6, 6.07) is 12.4. The Morgan fingerprint density at radius 1 is 1.14 bits per heavy atom. The Hall–Kier alpha value is -3.43. The third kappa shape index (κ3) is 5.31. The third-order valence-electron chi connectivity index (χ3n) is 6.62. The van der Waals surface area contributed by atoms with Gasteiger partial charge in [0, 0.05) is 30.6 Å². The first-order chi connectivity index (χ1) is 17.0. The number of ether oxygens (including phenoxy) is 1. The maximum Gasteiger partial charge on any atom is 0.252 e. The van der Waals surface area contributed by atoms with Gasteiger partial charge in [-0.3, -0.25) is 9.69 Å². The van der Waals surface area contributed by atoms with Crippen molar-refractivity contribution >= 4 is 10.9 Å². The third-order valence-corrected chi connectivity index (χ3v) is 6.62. The van der Waals surface area contributed by atoms with Crippen molar-refractivity contribution in [1.29, 1.82) is 0 Å². The fraction of sp³-hybridized carbons (Fsp3) is 0.385. The largest absolute Gasteiger partial charge is 0.377 e. The standard InChI is InChI=1S/C26H29FN6O2/c1-17-5-6-18(2)25-23(17)12-20(26(34)28-25)14-32(15-22-4-3-11-35-22)16-24-29-30-31-33(24)13-19-7-9-21(27)10-8-19/h5-10,12,22H,3-4,11,13-16H2,1-2H3,(H,28,34). The lowest BCUT2D eigenvalue weighted by molar-refractivity contribution is 0.0663. The molecule has 5 rings (SSSR count). The Morgan fingerprint density at radius 2 is 1.94 bits per heavy atom. The van der Waals surface area contributed by atoms with E-state index in [-0.39, 0.29) is 17.5 Å².